The molecule has 1 atom stereocenters. The largest absolute Gasteiger partial charge is 0.464 e. The van der Waals surface area contributed by atoms with Crippen molar-refractivity contribution in [1.29, 1.82) is 0 Å². The first-order valence-corrected chi connectivity index (χ1v) is 7.56. The lowest BCUT2D eigenvalue weighted by Gasteiger charge is -2.14. The van der Waals surface area contributed by atoms with Gasteiger partial charge in [0, 0.05) is 25.5 Å². The van der Waals surface area contributed by atoms with Gasteiger partial charge in [0.05, 0.1) is 6.61 Å². The minimum absolute atomic E-state index is 0.285. The van der Waals surface area contributed by atoms with Gasteiger partial charge in [0.25, 0.3) is 5.91 Å². The number of carbonyl (C=O) groups excluding carboxylic acids is 1. The second-order valence-corrected chi connectivity index (χ2v) is 5.53. The molecule has 2 heterocycles. The average molecular weight is 304 g/mol. The molecule has 1 fully saturated rings. The number of nitrogens with one attached hydrogen (secondary N) is 1. The van der Waals surface area contributed by atoms with E-state index in [9.17, 15) is 4.79 Å². The van der Waals surface area contributed by atoms with Crippen LogP contribution in [0.1, 0.15) is 59.5 Å². The van der Waals surface area contributed by atoms with Gasteiger partial charge in [0.15, 0.2) is 5.69 Å². The Morgan fingerprint density at radius 1 is 1.50 bits per heavy atom. The summed E-state index contributed by atoms with van der Waals surface area (Å²) in [6, 6.07) is 5.14. The number of aryl methyl sites for hydroxylation is 1. The third-order valence-corrected chi connectivity index (χ3v) is 3.75. The van der Waals surface area contributed by atoms with Crippen LogP contribution in [0.2, 0.25) is 0 Å². The first-order valence-electron chi connectivity index (χ1n) is 7.56. The highest BCUT2D eigenvalue weighted by Crippen LogP contribution is 2.40. The van der Waals surface area contributed by atoms with Crippen molar-refractivity contribution >= 4 is 5.91 Å². The monoisotopic (exact) mass is 304 g/mol. The lowest BCUT2D eigenvalue weighted by atomic mass is 10.2. The maximum Gasteiger partial charge on any atom is 0.274 e. The molecule has 0 saturated heterocycles. The molecule has 1 saturated carbocycles. The van der Waals surface area contributed by atoms with Crippen molar-refractivity contribution in [2.45, 2.75) is 38.1 Å². The quantitative estimate of drug-likeness (QED) is 0.851. The highest BCUT2D eigenvalue weighted by atomic mass is 16.5. The Kier molecular flexibility index (Phi) is 4.29. The van der Waals surface area contributed by atoms with E-state index in [1.165, 1.54) is 0 Å². The average Bonchev–Trinajstić information content (AvgIpc) is 3.06. The van der Waals surface area contributed by atoms with Gasteiger partial charge in [-0.1, -0.05) is 12.1 Å². The van der Waals surface area contributed by atoms with E-state index in [0.717, 1.165) is 30.8 Å². The zero-order chi connectivity index (χ0) is 15.5. The summed E-state index contributed by atoms with van der Waals surface area (Å²) in [5.74, 6) is 2.49. The molecule has 2 aromatic rings. The fourth-order valence-corrected chi connectivity index (χ4v) is 2.32. The van der Waals surface area contributed by atoms with E-state index in [4.69, 9.17) is 13.7 Å². The smallest absolute Gasteiger partial charge is 0.274 e. The topological polar surface area (TPSA) is 77.5 Å². The molecule has 6 heteroatoms. The molecule has 0 radical (unpaired) electrons. The molecule has 0 unspecified atom stereocenters. The van der Waals surface area contributed by atoms with Crippen molar-refractivity contribution in [1.82, 2.24) is 10.5 Å². The molecule has 3 rings (SSSR count). The molecule has 6 nitrogen and oxygen atoms in total. The van der Waals surface area contributed by atoms with Crippen molar-refractivity contribution in [2.24, 2.45) is 0 Å². The van der Waals surface area contributed by atoms with Gasteiger partial charge >= 0.3 is 0 Å². The van der Waals surface area contributed by atoms with Gasteiger partial charge in [-0.25, -0.2) is 0 Å². The van der Waals surface area contributed by atoms with Gasteiger partial charge in [-0.15, -0.1) is 0 Å². The molecule has 1 aliphatic carbocycles. The summed E-state index contributed by atoms with van der Waals surface area (Å²) in [7, 11) is 1.59. The standard InChI is InChI=1S/C16H20N2O4/c1-3-11-6-7-14(21-11)13(9-20-2)17-16(19)12-8-15(22-18-12)10-4-5-10/h6-8,10,13H,3-5,9H2,1-2H3,(H,17,19)/t13-/m0/s1. The Labute approximate surface area is 128 Å². The fourth-order valence-electron chi connectivity index (χ4n) is 2.32. The SMILES string of the molecule is CCc1ccc([C@H](COC)NC(=O)c2cc(C3CC3)on2)o1. The fraction of sp³-hybridized carbons (Fsp3) is 0.500. The highest BCUT2D eigenvalue weighted by Gasteiger charge is 2.29. The zero-order valence-electron chi connectivity index (χ0n) is 12.8. The number of hydrogen-bond acceptors (Lipinski definition) is 5. The maximum absolute atomic E-state index is 12.3. The molecular weight excluding hydrogens is 284 g/mol. The summed E-state index contributed by atoms with van der Waals surface area (Å²) in [6.45, 7) is 2.34. The van der Waals surface area contributed by atoms with Crippen molar-refractivity contribution in [3.63, 3.8) is 0 Å². The first-order chi connectivity index (χ1) is 10.7. The molecule has 2 aromatic heterocycles. The van der Waals surface area contributed by atoms with Gasteiger partial charge < -0.3 is 19.0 Å². The normalized spacial score (nSPS) is 15.7. The van der Waals surface area contributed by atoms with Gasteiger partial charge in [-0.05, 0) is 25.0 Å². The van der Waals surface area contributed by atoms with Crippen molar-refractivity contribution in [3.05, 3.63) is 41.2 Å². The Hall–Kier alpha value is -2.08. The van der Waals surface area contributed by atoms with Crippen LogP contribution in [0.15, 0.2) is 27.1 Å². The van der Waals surface area contributed by atoms with Crippen LogP contribution in [0.4, 0.5) is 0 Å². The summed E-state index contributed by atoms with van der Waals surface area (Å²) in [6.07, 6.45) is 3.02. The molecule has 1 N–H and O–H groups in total. The molecule has 118 valence electrons. The number of furan rings is 1. The first kappa shape index (κ1) is 14.8. The van der Waals surface area contributed by atoms with Crippen LogP contribution in [0.5, 0.6) is 0 Å². The molecule has 1 amide bonds. The summed E-state index contributed by atoms with van der Waals surface area (Å²) < 4.78 is 16.1. The van der Waals surface area contributed by atoms with E-state index in [1.54, 1.807) is 13.2 Å². The summed E-state index contributed by atoms with van der Waals surface area (Å²) >= 11 is 0. The minimum atomic E-state index is -0.348. The minimum Gasteiger partial charge on any atom is -0.464 e. The Bertz CT molecular complexity index is 642. The summed E-state index contributed by atoms with van der Waals surface area (Å²) in [5, 5.41) is 6.73. The number of hydrogen-bond donors (Lipinski definition) is 1. The van der Waals surface area contributed by atoms with Crippen molar-refractivity contribution < 1.29 is 18.5 Å². The van der Waals surface area contributed by atoms with E-state index in [-0.39, 0.29) is 11.9 Å². The lowest BCUT2D eigenvalue weighted by Crippen LogP contribution is -2.31. The maximum atomic E-state index is 12.3. The second-order valence-electron chi connectivity index (χ2n) is 5.53. The van der Waals surface area contributed by atoms with E-state index in [1.807, 2.05) is 19.1 Å². The van der Waals surface area contributed by atoms with Gasteiger partial charge in [0.1, 0.15) is 23.3 Å². The van der Waals surface area contributed by atoms with Crippen LogP contribution < -0.4 is 5.32 Å². The number of methoxy groups -OCH3 is 1. The number of aromatic nitrogens is 1. The van der Waals surface area contributed by atoms with Crippen LogP contribution in [-0.2, 0) is 11.2 Å². The number of nitrogens with zero attached hydrogens (tertiary/aromatic N) is 1. The van der Waals surface area contributed by atoms with E-state index < -0.39 is 0 Å². The molecule has 0 spiro atoms. The van der Waals surface area contributed by atoms with E-state index in [0.29, 0.717) is 24.0 Å². The number of ether oxygens (including phenoxy) is 1. The molecule has 22 heavy (non-hydrogen) atoms. The zero-order valence-corrected chi connectivity index (χ0v) is 12.8. The third kappa shape index (κ3) is 3.22. The van der Waals surface area contributed by atoms with Gasteiger partial charge in [0.2, 0.25) is 0 Å². The Balaban J connectivity index is 1.70. The van der Waals surface area contributed by atoms with Crippen LogP contribution in [0.3, 0.4) is 0 Å². The lowest BCUT2D eigenvalue weighted by molar-refractivity contribution is 0.0873. The van der Waals surface area contributed by atoms with Crippen LogP contribution in [0, 0.1) is 0 Å². The molecule has 0 aliphatic heterocycles. The summed E-state index contributed by atoms with van der Waals surface area (Å²) in [4.78, 5) is 12.3. The highest BCUT2D eigenvalue weighted by molar-refractivity contribution is 5.92. The van der Waals surface area contributed by atoms with Crippen molar-refractivity contribution in [2.75, 3.05) is 13.7 Å². The number of amides is 1. The summed E-state index contributed by atoms with van der Waals surface area (Å²) in [5.41, 5.74) is 0.297. The molecule has 1 aliphatic rings. The van der Waals surface area contributed by atoms with E-state index >= 15 is 0 Å². The molecular formula is C16H20N2O4. The van der Waals surface area contributed by atoms with Crippen LogP contribution >= 0.6 is 0 Å². The van der Waals surface area contributed by atoms with Crippen LogP contribution in [-0.4, -0.2) is 24.8 Å². The Morgan fingerprint density at radius 2 is 2.32 bits per heavy atom. The van der Waals surface area contributed by atoms with Crippen molar-refractivity contribution in [3.8, 4) is 0 Å². The van der Waals surface area contributed by atoms with Crippen LogP contribution in [0.25, 0.3) is 0 Å². The predicted octanol–water partition coefficient (Wildman–Crippen LogP) is 2.82. The molecule has 0 bridgehead atoms. The van der Waals surface area contributed by atoms with E-state index in [2.05, 4.69) is 10.5 Å². The predicted molar refractivity (Wildman–Crippen MR) is 78.6 cm³/mol. The number of carbonyl (C=O) groups is 1. The second kappa shape index (κ2) is 6.36. The number of rotatable bonds is 7. The third-order valence-electron chi connectivity index (χ3n) is 3.75. The van der Waals surface area contributed by atoms with Gasteiger partial charge in [-0.2, -0.15) is 0 Å². The van der Waals surface area contributed by atoms with Gasteiger partial charge in [-0.3, -0.25) is 4.79 Å². The Morgan fingerprint density at radius 3 is 2.95 bits per heavy atom. The molecule has 0 aromatic carbocycles.